The Balaban J connectivity index is 1.94. The zero-order valence-electron chi connectivity index (χ0n) is 12.0. The standard InChI is InChI=1S/C14H17N3O3S/c1-8(10-3-4-20-7-10)15-11-5-12-14(21-9(2)16-12)6-13(11)17(18)19/h5-6,8,10,15H,3-4,7H2,1-2H3. The lowest BCUT2D eigenvalue weighted by atomic mass is 10.0. The normalized spacial score (nSPS) is 19.8. The molecule has 1 aliphatic rings. The predicted octanol–water partition coefficient (Wildman–Crippen LogP) is 3.35. The van der Waals surface area contributed by atoms with Gasteiger partial charge in [-0.25, -0.2) is 4.98 Å². The van der Waals surface area contributed by atoms with Gasteiger partial charge in [0.2, 0.25) is 0 Å². The molecule has 2 heterocycles. The number of fused-ring (bicyclic) bond motifs is 1. The van der Waals surface area contributed by atoms with E-state index in [1.165, 1.54) is 11.3 Å². The molecular weight excluding hydrogens is 290 g/mol. The number of nitrogens with one attached hydrogen (secondary N) is 1. The molecular formula is C14H17N3O3S. The van der Waals surface area contributed by atoms with E-state index in [2.05, 4.69) is 10.3 Å². The Morgan fingerprint density at radius 3 is 3.05 bits per heavy atom. The fourth-order valence-corrected chi connectivity index (χ4v) is 3.50. The van der Waals surface area contributed by atoms with Crippen LogP contribution in [0.3, 0.4) is 0 Å². The van der Waals surface area contributed by atoms with Gasteiger partial charge < -0.3 is 10.1 Å². The number of aryl methyl sites for hydroxylation is 1. The largest absolute Gasteiger partial charge is 0.381 e. The third-order valence-electron chi connectivity index (χ3n) is 3.86. The number of nitro benzene ring substituents is 1. The van der Waals surface area contributed by atoms with Crippen molar-refractivity contribution in [3.05, 3.63) is 27.3 Å². The SMILES string of the molecule is Cc1nc2cc(NC(C)C3CCOC3)c([N+](=O)[O-])cc2s1. The first kappa shape index (κ1) is 14.2. The summed E-state index contributed by atoms with van der Waals surface area (Å²) in [7, 11) is 0. The maximum absolute atomic E-state index is 11.3. The van der Waals surface area contributed by atoms with Crippen LogP contribution in [0.25, 0.3) is 10.2 Å². The second kappa shape index (κ2) is 5.57. The Morgan fingerprint density at radius 1 is 1.57 bits per heavy atom. The number of hydrogen-bond acceptors (Lipinski definition) is 6. The van der Waals surface area contributed by atoms with E-state index in [0.29, 0.717) is 18.2 Å². The summed E-state index contributed by atoms with van der Waals surface area (Å²) in [6, 6.07) is 3.52. The summed E-state index contributed by atoms with van der Waals surface area (Å²) >= 11 is 1.47. The lowest BCUT2D eigenvalue weighted by molar-refractivity contribution is -0.383. The molecule has 1 aromatic carbocycles. The van der Waals surface area contributed by atoms with Crippen LogP contribution in [0.4, 0.5) is 11.4 Å². The third kappa shape index (κ3) is 2.84. The molecule has 1 N–H and O–H groups in total. The lowest BCUT2D eigenvalue weighted by Gasteiger charge is -2.20. The molecule has 2 atom stereocenters. The first-order valence-electron chi connectivity index (χ1n) is 6.94. The zero-order valence-corrected chi connectivity index (χ0v) is 12.8. The first-order chi connectivity index (χ1) is 10.0. The van der Waals surface area contributed by atoms with E-state index in [9.17, 15) is 10.1 Å². The van der Waals surface area contributed by atoms with Crippen molar-refractivity contribution in [3.8, 4) is 0 Å². The molecule has 0 aliphatic carbocycles. The van der Waals surface area contributed by atoms with Crippen LogP contribution in [-0.4, -0.2) is 29.2 Å². The van der Waals surface area contributed by atoms with Gasteiger partial charge >= 0.3 is 0 Å². The van der Waals surface area contributed by atoms with Gasteiger partial charge in [-0.15, -0.1) is 11.3 Å². The maximum atomic E-state index is 11.3. The van der Waals surface area contributed by atoms with E-state index < -0.39 is 0 Å². The van der Waals surface area contributed by atoms with Gasteiger partial charge in [0.05, 0.1) is 26.8 Å². The molecule has 21 heavy (non-hydrogen) atoms. The zero-order chi connectivity index (χ0) is 15.0. The van der Waals surface area contributed by atoms with Crippen LogP contribution in [-0.2, 0) is 4.74 Å². The topological polar surface area (TPSA) is 77.3 Å². The Kier molecular flexibility index (Phi) is 3.77. The fourth-order valence-electron chi connectivity index (χ4n) is 2.66. The summed E-state index contributed by atoms with van der Waals surface area (Å²) in [6.07, 6.45) is 0.986. The van der Waals surface area contributed by atoms with Crippen LogP contribution < -0.4 is 5.32 Å². The van der Waals surface area contributed by atoms with Crippen molar-refractivity contribution in [3.63, 3.8) is 0 Å². The minimum absolute atomic E-state index is 0.108. The average Bonchev–Trinajstić information content (AvgIpc) is 3.05. The number of benzene rings is 1. The van der Waals surface area contributed by atoms with Gasteiger partial charge in [-0.05, 0) is 26.3 Å². The number of nitro groups is 1. The molecule has 0 saturated carbocycles. The first-order valence-corrected chi connectivity index (χ1v) is 7.76. The van der Waals surface area contributed by atoms with E-state index in [4.69, 9.17) is 4.74 Å². The van der Waals surface area contributed by atoms with Crippen LogP contribution in [0.15, 0.2) is 12.1 Å². The molecule has 0 amide bonds. The minimum atomic E-state index is -0.339. The Bertz CT molecular complexity index is 679. The quantitative estimate of drug-likeness (QED) is 0.692. The minimum Gasteiger partial charge on any atom is -0.381 e. The highest BCUT2D eigenvalue weighted by Crippen LogP contribution is 2.34. The van der Waals surface area contributed by atoms with Crippen molar-refractivity contribution >= 4 is 32.9 Å². The van der Waals surface area contributed by atoms with Crippen molar-refractivity contribution in [2.24, 2.45) is 5.92 Å². The summed E-state index contributed by atoms with van der Waals surface area (Å²) < 4.78 is 6.23. The van der Waals surface area contributed by atoms with Gasteiger partial charge in [-0.3, -0.25) is 10.1 Å². The van der Waals surface area contributed by atoms with Crippen LogP contribution in [0, 0.1) is 23.0 Å². The van der Waals surface area contributed by atoms with Crippen molar-refractivity contribution < 1.29 is 9.66 Å². The van der Waals surface area contributed by atoms with Crippen LogP contribution in [0.1, 0.15) is 18.4 Å². The summed E-state index contributed by atoms with van der Waals surface area (Å²) in [6.45, 7) is 5.42. The van der Waals surface area contributed by atoms with Crippen molar-refractivity contribution in [1.82, 2.24) is 4.98 Å². The smallest absolute Gasteiger partial charge is 0.293 e. The van der Waals surface area contributed by atoms with E-state index in [1.807, 2.05) is 13.8 Å². The number of aromatic nitrogens is 1. The molecule has 0 spiro atoms. The number of anilines is 1. The van der Waals surface area contributed by atoms with Crippen molar-refractivity contribution in [2.75, 3.05) is 18.5 Å². The second-order valence-electron chi connectivity index (χ2n) is 5.38. The number of ether oxygens (including phenoxy) is 1. The van der Waals surface area contributed by atoms with E-state index in [-0.39, 0.29) is 16.7 Å². The monoisotopic (exact) mass is 307 g/mol. The van der Waals surface area contributed by atoms with Crippen LogP contribution in [0.2, 0.25) is 0 Å². The highest BCUT2D eigenvalue weighted by atomic mass is 32.1. The number of hydrogen-bond donors (Lipinski definition) is 1. The molecule has 0 radical (unpaired) electrons. The van der Waals surface area contributed by atoms with Crippen LogP contribution in [0.5, 0.6) is 0 Å². The van der Waals surface area contributed by atoms with Gasteiger partial charge in [0.15, 0.2) is 0 Å². The molecule has 2 unspecified atom stereocenters. The van der Waals surface area contributed by atoms with Crippen molar-refractivity contribution in [2.45, 2.75) is 26.3 Å². The van der Waals surface area contributed by atoms with Gasteiger partial charge in [0.25, 0.3) is 5.69 Å². The molecule has 0 bridgehead atoms. The summed E-state index contributed by atoms with van der Waals surface area (Å²) in [5.74, 6) is 0.387. The summed E-state index contributed by atoms with van der Waals surface area (Å²) in [5.41, 5.74) is 1.45. The summed E-state index contributed by atoms with van der Waals surface area (Å²) in [5, 5.41) is 15.5. The molecule has 2 aromatic rings. The maximum Gasteiger partial charge on any atom is 0.293 e. The third-order valence-corrected chi connectivity index (χ3v) is 4.80. The molecule has 3 rings (SSSR count). The Morgan fingerprint density at radius 2 is 2.38 bits per heavy atom. The van der Waals surface area contributed by atoms with Crippen molar-refractivity contribution in [1.29, 1.82) is 0 Å². The second-order valence-corrected chi connectivity index (χ2v) is 6.62. The van der Waals surface area contributed by atoms with E-state index >= 15 is 0 Å². The molecule has 6 nitrogen and oxygen atoms in total. The lowest BCUT2D eigenvalue weighted by Crippen LogP contribution is -2.26. The van der Waals surface area contributed by atoms with Gasteiger partial charge in [-0.2, -0.15) is 0 Å². The molecule has 1 saturated heterocycles. The van der Waals surface area contributed by atoms with E-state index in [1.54, 1.807) is 12.1 Å². The number of nitrogens with zero attached hydrogens (tertiary/aromatic N) is 2. The fraction of sp³-hybridized carbons (Fsp3) is 0.500. The average molecular weight is 307 g/mol. The molecule has 1 fully saturated rings. The Hall–Kier alpha value is -1.73. The predicted molar refractivity (Wildman–Crippen MR) is 83.0 cm³/mol. The summed E-state index contributed by atoms with van der Waals surface area (Å²) in [4.78, 5) is 15.4. The molecule has 1 aromatic heterocycles. The van der Waals surface area contributed by atoms with Gasteiger partial charge in [0, 0.05) is 24.6 Å². The Labute approximate surface area is 126 Å². The highest BCUT2D eigenvalue weighted by Gasteiger charge is 2.25. The molecule has 112 valence electrons. The molecule has 7 heteroatoms. The number of rotatable bonds is 4. The highest BCUT2D eigenvalue weighted by molar-refractivity contribution is 7.18. The van der Waals surface area contributed by atoms with E-state index in [0.717, 1.165) is 28.3 Å². The molecule has 1 aliphatic heterocycles. The van der Waals surface area contributed by atoms with Crippen LogP contribution >= 0.6 is 11.3 Å². The van der Waals surface area contributed by atoms with Gasteiger partial charge in [0.1, 0.15) is 5.69 Å². The number of thiazole rings is 1. The van der Waals surface area contributed by atoms with Gasteiger partial charge in [-0.1, -0.05) is 0 Å².